The maximum absolute atomic E-state index is 11.7. The normalized spacial score (nSPS) is 27.8. The first-order chi connectivity index (χ1) is 21.8. The molecule has 2 fully saturated rings. The highest BCUT2D eigenvalue weighted by Crippen LogP contribution is 2.31. The Kier molecular flexibility index (Phi) is 18.6. The average molecular weight is 639 g/mol. The van der Waals surface area contributed by atoms with Gasteiger partial charge in [-0.3, -0.25) is 0 Å². The van der Waals surface area contributed by atoms with Gasteiger partial charge in [0, 0.05) is 5.57 Å². The van der Waals surface area contributed by atoms with Crippen molar-refractivity contribution < 1.29 is 39.4 Å². The SMILES string of the molecule is CCCCCC(O)CCCCCCC[C@@H](O)[C@@H]1CC[C@@H]([C@@H](O)CC[C@H](O)[C@@H]2CC[C@@H](CCCCCCC3=C[C@H](C)OC3=O)O2)O1. The first-order valence-electron chi connectivity index (χ1n) is 18.7. The van der Waals surface area contributed by atoms with Gasteiger partial charge in [0.25, 0.3) is 0 Å². The van der Waals surface area contributed by atoms with Crippen molar-refractivity contribution in [1.82, 2.24) is 0 Å². The molecule has 8 nitrogen and oxygen atoms in total. The number of unbranched alkanes of at least 4 members (excludes halogenated alkanes) is 9. The van der Waals surface area contributed by atoms with Gasteiger partial charge in [-0.05, 0) is 90.0 Å². The fraction of sp³-hybridized carbons (Fsp3) is 0.919. The van der Waals surface area contributed by atoms with Crippen molar-refractivity contribution in [3.05, 3.63) is 11.6 Å². The molecule has 2 saturated heterocycles. The zero-order valence-corrected chi connectivity index (χ0v) is 28.5. The van der Waals surface area contributed by atoms with Gasteiger partial charge in [-0.25, -0.2) is 4.79 Å². The van der Waals surface area contributed by atoms with Crippen molar-refractivity contribution in [2.45, 2.75) is 216 Å². The maximum atomic E-state index is 11.7. The molecule has 0 bridgehead atoms. The Hall–Kier alpha value is -1.03. The molecule has 45 heavy (non-hydrogen) atoms. The van der Waals surface area contributed by atoms with E-state index in [0.717, 1.165) is 128 Å². The van der Waals surface area contributed by atoms with E-state index in [9.17, 15) is 25.2 Å². The van der Waals surface area contributed by atoms with Gasteiger partial charge in [-0.1, -0.05) is 77.6 Å². The van der Waals surface area contributed by atoms with Crippen molar-refractivity contribution in [2.75, 3.05) is 0 Å². The third-order valence-corrected chi connectivity index (χ3v) is 10.2. The van der Waals surface area contributed by atoms with Crippen LogP contribution in [0.1, 0.15) is 162 Å². The molecule has 8 heteroatoms. The Morgan fingerprint density at radius 3 is 1.84 bits per heavy atom. The highest BCUT2D eigenvalue weighted by molar-refractivity contribution is 5.90. The molecule has 0 saturated carbocycles. The number of carbonyl (C=O) groups excluding carboxylic acids is 1. The molecule has 0 aromatic carbocycles. The summed E-state index contributed by atoms with van der Waals surface area (Å²) in [6, 6.07) is 0. The number of rotatable bonds is 25. The fourth-order valence-corrected chi connectivity index (χ4v) is 7.28. The van der Waals surface area contributed by atoms with E-state index in [0.29, 0.717) is 12.8 Å². The minimum atomic E-state index is -0.642. The third-order valence-electron chi connectivity index (χ3n) is 10.2. The van der Waals surface area contributed by atoms with Crippen LogP contribution in [0, 0.1) is 0 Å². The van der Waals surface area contributed by atoms with Crippen molar-refractivity contribution in [3.8, 4) is 0 Å². The Balaban J connectivity index is 1.17. The predicted octanol–water partition coefficient (Wildman–Crippen LogP) is 6.83. The van der Waals surface area contributed by atoms with Crippen molar-refractivity contribution in [1.29, 1.82) is 0 Å². The van der Waals surface area contributed by atoms with E-state index in [4.69, 9.17) is 14.2 Å². The lowest BCUT2D eigenvalue weighted by atomic mass is 9.98. The highest BCUT2D eigenvalue weighted by Gasteiger charge is 2.36. The van der Waals surface area contributed by atoms with E-state index in [1.165, 1.54) is 12.8 Å². The van der Waals surface area contributed by atoms with Gasteiger partial charge in [0.2, 0.25) is 0 Å². The highest BCUT2D eigenvalue weighted by atomic mass is 16.5. The van der Waals surface area contributed by atoms with Gasteiger partial charge in [0.15, 0.2) is 0 Å². The van der Waals surface area contributed by atoms with Crippen LogP contribution in [0.4, 0.5) is 0 Å². The smallest absolute Gasteiger partial charge is 0.334 e. The molecule has 3 aliphatic heterocycles. The third kappa shape index (κ3) is 14.7. The quantitative estimate of drug-likeness (QED) is 0.0634. The lowest BCUT2D eigenvalue weighted by Crippen LogP contribution is -2.33. The molecule has 3 rings (SSSR count). The van der Waals surface area contributed by atoms with E-state index >= 15 is 0 Å². The van der Waals surface area contributed by atoms with Gasteiger partial charge >= 0.3 is 5.97 Å². The van der Waals surface area contributed by atoms with E-state index < -0.39 is 18.3 Å². The molecule has 0 aromatic heterocycles. The van der Waals surface area contributed by atoms with E-state index in [1.54, 1.807) is 0 Å². The molecule has 0 amide bonds. The number of carbonyl (C=O) groups is 1. The zero-order chi connectivity index (χ0) is 32.4. The first-order valence-corrected chi connectivity index (χ1v) is 18.7. The van der Waals surface area contributed by atoms with Crippen LogP contribution in [0.15, 0.2) is 11.6 Å². The number of hydrogen-bond acceptors (Lipinski definition) is 8. The summed E-state index contributed by atoms with van der Waals surface area (Å²) in [7, 11) is 0. The van der Waals surface area contributed by atoms with E-state index in [-0.39, 0.29) is 42.6 Å². The number of esters is 1. The lowest BCUT2D eigenvalue weighted by Gasteiger charge is -2.24. The van der Waals surface area contributed by atoms with Crippen LogP contribution in [0.5, 0.6) is 0 Å². The minimum Gasteiger partial charge on any atom is -0.455 e. The number of aliphatic hydroxyl groups is 4. The van der Waals surface area contributed by atoms with Crippen LogP contribution in [0.3, 0.4) is 0 Å². The van der Waals surface area contributed by atoms with Crippen LogP contribution in [-0.4, -0.2) is 81.3 Å². The molecule has 1 unspecified atom stereocenters. The summed E-state index contributed by atoms with van der Waals surface area (Å²) in [4.78, 5) is 11.7. The fourth-order valence-electron chi connectivity index (χ4n) is 7.28. The van der Waals surface area contributed by atoms with E-state index in [2.05, 4.69) is 6.92 Å². The average Bonchev–Trinajstić information content (AvgIpc) is 3.77. The molecule has 0 spiro atoms. The topological polar surface area (TPSA) is 126 Å². The second kappa shape index (κ2) is 21.8. The minimum absolute atomic E-state index is 0.0889. The molecule has 0 aliphatic carbocycles. The number of cyclic esters (lactones) is 1. The van der Waals surface area contributed by atoms with Gasteiger partial charge in [-0.2, -0.15) is 0 Å². The lowest BCUT2D eigenvalue weighted by molar-refractivity contribution is -0.139. The summed E-state index contributed by atoms with van der Waals surface area (Å²) in [5.41, 5.74) is 0.819. The van der Waals surface area contributed by atoms with Gasteiger partial charge < -0.3 is 34.6 Å². The van der Waals surface area contributed by atoms with E-state index in [1.807, 2.05) is 13.0 Å². The summed E-state index contributed by atoms with van der Waals surface area (Å²) in [6.07, 6.45) is 21.3. The Labute approximate surface area is 273 Å². The summed E-state index contributed by atoms with van der Waals surface area (Å²) < 4.78 is 17.4. The van der Waals surface area contributed by atoms with Gasteiger partial charge in [-0.15, -0.1) is 0 Å². The van der Waals surface area contributed by atoms with Crippen molar-refractivity contribution in [3.63, 3.8) is 0 Å². The molecular formula is C37H66O8. The van der Waals surface area contributed by atoms with Crippen LogP contribution in [0.25, 0.3) is 0 Å². The predicted molar refractivity (Wildman–Crippen MR) is 177 cm³/mol. The molecule has 0 radical (unpaired) electrons. The summed E-state index contributed by atoms with van der Waals surface area (Å²) in [6.45, 7) is 4.07. The number of ether oxygens (including phenoxy) is 3. The van der Waals surface area contributed by atoms with Crippen molar-refractivity contribution >= 4 is 5.97 Å². The van der Waals surface area contributed by atoms with Crippen LogP contribution in [0.2, 0.25) is 0 Å². The maximum Gasteiger partial charge on any atom is 0.334 e. The number of hydrogen-bond donors (Lipinski definition) is 4. The molecule has 3 heterocycles. The number of aliphatic hydroxyl groups excluding tert-OH is 4. The second-order valence-corrected chi connectivity index (χ2v) is 14.2. The zero-order valence-electron chi connectivity index (χ0n) is 28.5. The standard InChI is InChI=1S/C37H66O8/c1-3-4-10-16-29(38)17-12-6-5-7-14-19-31(39)35-24-25-36(45-35)33(41)22-21-32(40)34-23-20-30(44-34)18-13-9-8-11-15-28-26-27(2)43-37(28)42/h26-27,29-36,38-41H,3-25H2,1-2H3/t27-,29?,30+,31+,32-,33-,34-,35-,36-/m0/s1. The second-order valence-electron chi connectivity index (χ2n) is 14.2. The Morgan fingerprint density at radius 2 is 1.20 bits per heavy atom. The largest absolute Gasteiger partial charge is 0.455 e. The summed E-state index contributed by atoms with van der Waals surface area (Å²) >= 11 is 0. The monoisotopic (exact) mass is 638 g/mol. The summed E-state index contributed by atoms with van der Waals surface area (Å²) in [5, 5.41) is 42.2. The van der Waals surface area contributed by atoms with Crippen LogP contribution < -0.4 is 0 Å². The van der Waals surface area contributed by atoms with Gasteiger partial charge in [0.05, 0.1) is 48.8 Å². The summed E-state index contributed by atoms with van der Waals surface area (Å²) in [5.74, 6) is -0.160. The van der Waals surface area contributed by atoms with Crippen LogP contribution >= 0.6 is 0 Å². The van der Waals surface area contributed by atoms with Crippen LogP contribution in [-0.2, 0) is 19.0 Å². The molecule has 4 N–H and O–H groups in total. The molecule has 3 aliphatic rings. The Bertz CT molecular complexity index is 833. The molecule has 0 aromatic rings. The molecule has 262 valence electrons. The van der Waals surface area contributed by atoms with Gasteiger partial charge in [0.1, 0.15) is 6.10 Å². The molecule has 9 atom stereocenters. The first kappa shape index (κ1) is 38.4. The van der Waals surface area contributed by atoms with Crippen molar-refractivity contribution in [2.24, 2.45) is 0 Å². The Morgan fingerprint density at radius 1 is 0.667 bits per heavy atom. The molecular weight excluding hydrogens is 572 g/mol.